The predicted molar refractivity (Wildman–Crippen MR) is 92.2 cm³/mol. The van der Waals surface area contributed by atoms with Gasteiger partial charge in [-0.2, -0.15) is 4.31 Å². The van der Waals surface area contributed by atoms with Crippen molar-refractivity contribution in [2.45, 2.75) is 38.0 Å². The lowest BCUT2D eigenvalue weighted by Gasteiger charge is -2.30. The van der Waals surface area contributed by atoms with Gasteiger partial charge in [-0.1, -0.05) is 0 Å². The standard InChI is InChI=1S/C16H20N2O7S/c1-16(2,3)26(23,24)17-9-11(19)8-14(17)12-7-10(15(20)25-4)5-6-13(12)18(21)22/h5-7,14H,8-9H2,1-4H3/t14-/m0/s1. The molecule has 1 aromatic rings. The lowest BCUT2D eigenvalue weighted by atomic mass is 10.00. The molecule has 0 aromatic heterocycles. The number of benzene rings is 1. The predicted octanol–water partition coefficient (Wildman–Crippen LogP) is 1.83. The molecular weight excluding hydrogens is 364 g/mol. The number of ether oxygens (including phenoxy) is 1. The minimum atomic E-state index is -3.91. The Bertz CT molecular complexity index is 871. The monoisotopic (exact) mass is 384 g/mol. The average molecular weight is 384 g/mol. The number of methoxy groups -OCH3 is 1. The Morgan fingerprint density at radius 3 is 2.46 bits per heavy atom. The summed E-state index contributed by atoms with van der Waals surface area (Å²) in [6.45, 7) is 4.11. The van der Waals surface area contributed by atoms with Crippen molar-refractivity contribution in [3.8, 4) is 0 Å². The smallest absolute Gasteiger partial charge is 0.337 e. The minimum Gasteiger partial charge on any atom is -0.465 e. The zero-order valence-corrected chi connectivity index (χ0v) is 15.7. The van der Waals surface area contributed by atoms with Crippen molar-refractivity contribution in [3.63, 3.8) is 0 Å². The molecule has 0 bridgehead atoms. The molecule has 10 heteroatoms. The number of carbonyl (C=O) groups excluding carboxylic acids is 2. The van der Waals surface area contributed by atoms with E-state index >= 15 is 0 Å². The van der Waals surface area contributed by atoms with Gasteiger partial charge < -0.3 is 4.74 Å². The second-order valence-electron chi connectivity index (χ2n) is 6.94. The summed E-state index contributed by atoms with van der Waals surface area (Å²) in [5.41, 5.74) is -0.316. The topological polar surface area (TPSA) is 124 Å². The number of nitro benzene ring substituents is 1. The fourth-order valence-electron chi connectivity index (χ4n) is 2.77. The van der Waals surface area contributed by atoms with Crippen LogP contribution in [-0.4, -0.2) is 47.8 Å². The van der Waals surface area contributed by atoms with Crippen molar-refractivity contribution in [2.24, 2.45) is 0 Å². The number of esters is 1. The first kappa shape index (κ1) is 20.0. The second kappa shape index (κ2) is 6.76. The quantitative estimate of drug-likeness (QED) is 0.440. The molecule has 142 valence electrons. The van der Waals surface area contributed by atoms with Crippen molar-refractivity contribution in [3.05, 3.63) is 39.4 Å². The summed E-state index contributed by atoms with van der Waals surface area (Å²) in [5.74, 6) is -1.06. The highest BCUT2D eigenvalue weighted by atomic mass is 32.2. The van der Waals surface area contributed by atoms with Gasteiger partial charge in [-0.05, 0) is 32.9 Å². The Labute approximate surface area is 151 Å². The molecule has 1 aliphatic heterocycles. The van der Waals surface area contributed by atoms with E-state index in [2.05, 4.69) is 4.74 Å². The molecule has 0 radical (unpaired) electrons. The van der Waals surface area contributed by atoms with Crippen LogP contribution in [0.2, 0.25) is 0 Å². The largest absolute Gasteiger partial charge is 0.465 e. The third-order valence-electron chi connectivity index (χ3n) is 4.19. The van der Waals surface area contributed by atoms with E-state index in [9.17, 15) is 28.1 Å². The van der Waals surface area contributed by atoms with Crippen LogP contribution in [0, 0.1) is 10.1 Å². The van der Waals surface area contributed by atoms with Gasteiger partial charge in [-0.25, -0.2) is 13.2 Å². The van der Waals surface area contributed by atoms with E-state index in [4.69, 9.17) is 0 Å². The molecule has 1 saturated heterocycles. The van der Waals surface area contributed by atoms with Crippen LogP contribution in [-0.2, 0) is 19.6 Å². The van der Waals surface area contributed by atoms with Gasteiger partial charge in [0, 0.05) is 18.1 Å². The van der Waals surface area contributed by atoms with Crippen LogP contribution in [0.15, 0.2) is 18.2 Å². The number of ketones is 1. The molecule has 9 nitrogen and oxygen atoms in total. The van der Waals surface area contributed by atoms with Crippen LogP contribution < -0.4 is 0 Å². The van der Waals surface area contributed by atoms with E-state index in [0.29, 0.717) is 0 Å². The SMILES string of the molecule is COC(=O)c1ccc([N+](=O)[O-])c([C@@H]2CC(=O)CN2S(=O)(=O)C(C)(C)C)c1. The summed E-state index contributed by atoms with van der Waals surface area (Å²) in [7, 11) is -2.75. The summed E-state index contributed by atoms with van der Waals surface area (Å²) in [4.78, 5) is 34.5. The molecule has 0 amide bonds. The molecule has 0 saturated carbocycles. The Hall–Kier alpha value is -2.33. The Balaban J connectivity index is 2.65. The summed E-state index contributed by atoms with van der Waals surface area (Å²) < 4.78 is 30.1. The highest BCUT2D eigenvalue weighted by Crippen LogP contribution is 2.40. The van der Waals surface area contributed by atoms with Crippen molar-refractivity contribution in [1.29, 1.82) is 0 Å². The van der Waals surface area contributed by atoms with Crippen molar-refractivity contribution < 1.29 is 27.7 Å². The first-order chi connectivity index (χ1) is 11.9. The third-order valence-corrected chi connectivity index (χ3v) is 6.74. The average Bonchev–Trinajstić information content (AvgIpc) is 2.94. The zero-order chi connectivity index (χ0) is 19.9. The van der Waals surface area contributed by atoms with Crippen LogP contribution in [0.5, 0.6) is 0 Å². The van der Waals surface area contributed by atoms with E-state index in [1.165, 1.54) is 40.0 Å². The van der Waals surface area contributed by atoms with Gasteiger partial charge in [-0.3, -0.25) is 14.9 Å². The first-order valence-electron chi connectivity index (χ1n) is 7.80. The normalized spacial score (nSPS) is 18.8. The highest BCUT2D eigenvalue weighted by molar-refractivity contribution is 7.90. The summed E-state index contributed by atoms with van der Waals surface area (Å²) >= 11 is 0. The fourth-order valence-corrected chi connectivity index (χ4v) is 4.31. The lowest BCUT2D eigenvalue weighted by Crippen LogP contribution is -2.43. The molecule has 0 N–H and O–H groups in total. The highest BCUT2D eigenvalue weighted by Gasteiger charge is 2.46. The maximum absolute atomic E-state index is 12.9. The maximum Gasteiger partial charge on any atom is 0.337 e. The van der Waals surface area contributed by atoms with E-state index < -0.39 is 31.7 Å². The second-order valence-corrected chi connectivity index (χ2v) is 9.59. The minimum absolute atomic E-state index is 0.00317. The van der Waals surface area contributed by atoms with Gasteiger partial charge in [0.05, 0.1) is 34.9 Å². The van der Waals surface area contributed by atoms with E-state index in [0.717, 1.165) is 10.4 Å². The van der Waals surface area contributed by atoms with Crippen LogP contribution >= 0.6 is 0 Å². The number of nitrogens with zero attached hydrogens (tertiary/aromatic N) is 2. The van der Waals surface area contributed by atoms with Gasteiger partial charge in [0.15, 0.2) is 0 Å². The van der Waals surface area contributed by atoms with Gasteiger partial charge >= 0.3 is 5.97 Å². The van der Waals surface area contributed by atoms with Gasteiger partial charge in [-0.15, -0.1) is 0 Å². The number of sulfonamides is 1. The number of hydrogen-bond donors (Lipinski definition) is 0. The zero-order valence-electron chi connectivity index (χ0n) is 14.9. The molecule has 0 spiro atoms. The van der Waals surface area contributed by atoms with Crippen LogP contribution in [0.25, 0.3) is 0 Å². The molecule has 1 fully saturated rings. The van der Waals surface area contributed by atoms with E-state index in [-0.39, 0.29) is 35.6 Å². The molecule has 26 heavy (non-hydrogen) atoms. The number of nitro groups is 1. The van der Waals surface area contributed by atoms with Crippen LogP contribution in [0.1, 0.15) is 49.2 Å². The number of hydrogen-bond acceptors (Lipinski definition) is 7. The Morgan fingerprint density at radius 1 is 1.35 bits per heavy atom. The molecule has 1 heterocycles. The van der Waals surface area contributed by atoms with Crippen molar-refractivity contribution in [1.82, 2.24) is 4.31 Å². The lowest BCUT2D eigenvalue weighted by molar-refractivity contribution is -0.385. The van der Waals surface area contributed by atoms with E-state index in [1.54, 1.807) is 0 Å². The summed E-state index contributed by atoms with van der Waals surface area (Å²) in [5, 5.41) is 11.4. The molecule has 0 aliphatic carbocycles. The third kappa shape index (κ3) is 3.47. The van der Waals surface area contributed by atoms with Gasteiger partial charge in [0.2, 0.25) is 10.0 Å². The van der Waals surface area contributed by atoms with E-state index in [1.807, 2.05) is 0 Å². The molecule has 1 aliphatic rings. The molecule has 1 atom stereocenters. The molecule has 2 rings (SSSR count). The molecule has 1 aromatic carbocycles. The van der Waals surface area contributed by atoms with Gasteiger partial charge in [0.1, 0.15) is 5.78 Å². The van der Waals surface area contributed by atoms with Gasteiger partial charge in [0.25, 0.3) is 5.69 Å². The molecule has 0 unspecified atom stereocenters. The Kier molecular flexibility index (Phi) is 5.20. The Morgan fingerprint density at radius 2 is 1.96 bits per heavy atom. The first-order valence-corrected chi connectivity index (χ1v) is 9.24. The number of rotatable bonds is 4. The number of Topliss-reactive ketones (excluding diaryl/α,β-unsaturated/α-hetero) is 1. The molecular formula is C16H20N2O7S. The van der Waals surface area contributed by atoms with Crippen LogP contribution in [0.4, 0.5) is 5.69 Å². The fraction of sp³-hybridized carbons (Fsp3) is 0.500. The summed E-state index contributed by atoms with van der Waals surface area (Å²) in [6.07, 6.45) is -0.194. The van der Waals surface area contributed by atoms with Crippen molar-refractivity contribution in [2.75, 3.05) is 13.7 Å². The summed E-state index contributed by atoms with van der Waals surface area (Å²) in [6, 6.07) is 2.52. The maximum atomic E-state index is 12.9. The van der Waals surface area contributed by atoms with Crippen LogP contribution in [0.3, 0.4) is 0 Å². The number of carbonyl (C=O) groups is 2. The van der Waals surface area contributed by atoms with Crippen molar-refractivity contribution >= 4 is 27.5 Å².